The molecule has 3 rings (SSSR count). The molecular formula is C22H26N2O3. The number of hydrogen-bond acceptors (Lipinski definition) is 4. The molecule has 0 fully saturated rings. The fraction of sp³-hybridized carbons (Fsp3) is 0.364. The molecule has 0 aliphatic carbocycles. The van der Waals surface area contributed by atoms with E-state index in [2.05, 4.69) is 23.1 Å². The second-order valence-electron chi connectivity index (χ2n) is 7.23. The van der Waals surface area contributed by atoms with Gasteiger partial charge in [-0.3, -0.25) is 15.0 Å². The number of nitro groups is 1. The number of nitro benzene ring substituents is 1. The van der Waals surface area contributed by atoms with Gasteiger partial charge in [-0.25, -0.2) is 0 Å². The van der Waals surface area contributed by atoms with E-state index in [1.54, 1.807) is 6.07 Å². The van der Waals surface area contributed by atoms with Crippen molar-refractivity contribution >= 4 is 11.3 Å². The minimum Gasteiger partial charge on any atom is -0.484 e. The normalized spacial score (nSPS) is 14.9. The van der Waals surface area contributed by atoms with E-state index >= 15 is 0 Å². The van der Waals surface area contributed by atoms with Gasteiger partial charge in [0.1, 0.15) is 0 Å². The molecule has 0 aromatic heterocycles. The summed E-state index contributed by atoms with van der Waals surface area (Å²) in [7, 11) is 0. The minimum absolute atomic E-state index is 0.0893. The lowest BCUT2D eigenvalue weighted by Crippen LogP contribution is -2.28. The summed E-state index contributed by atoms with van der Waals surface area (Å²) < 4.78 is 5.71. The van der Waals surface area contributed by atoms with E-state index in [0.29, 0.717) is 5.75 Å². The molecule has 0 amide bonds. The summed E-state index contributed by atoms with van der Waals surface area (Å²) in [5, 5.41) is 11.8. The molecule has 0 saturated heterocycles. The number of ether oxygens (including phenoxy) is 1. The van der Waals surface area contributed by atoms with Crippen molar-refractivity contribution in [3.05, 3.63) is 75.3 Å². The Hall–Kier alpha value is -2.66. The first-order valence-electron chi connectivity index (χ1n) is 9.36. The highest BCUT2D eigenvalue weighted by atomic mass is 16.6. The van der Waals surface area contributed by atoms with Crippen molar-refractivity contribution in [3.8, 4) is 5.75 Å². The van der Waals surface area contributed by atoms with Crippen LogP contribution in [0.15, 0.2) is 48.5 Å². The number of hydrogen-bond donors (Lipinski definition) is 0. The van der Waals surface area contributed by atoms with Gasteiger partial charge in [-0.05, 0) is 50.0 Å². The van der Waals surface area contributed by atoms with Crippen molar-refractivity contribution in [2.45, 2.75) is 39.8 Å². The first kappa shape index (κ1) is 19.1. The number of rotatable bonds is 6. The third-order valence-corrected chi connectivity index (χ3v) is 4.76. The Balaban J connectivity index is 1.87. The molecule has 0 N–H and O–H groups in total. The molecule has 0 saturated carbocycles. The Morgan fingerprint density at radius 1 is 1.19 bits per heavy atom. The molecule has 2 aromatic rings. The average Bonchev–Trinajstić information content (AvgIpc) is 2.64. The summed E-state index contributed by atoms with van der Waals surface area (Å²) in [6.45, 7) is 8.25. The standard InChI is InChI=1S/C22H26N2O3/c1-16(2)27-20-10-9-17(3)21(22(20)24(25)26)19-11-13-23(14-12-19)15-18-7-5-4-6-8-18/h4-11,16H,12-15H2,1-3H3. The Labute approximate surface area is 160 Å². The van der Waals surface area contributed by atoms with Gasteiger partial charge in [0.2, 0.25) is 0 Å². The molecule has 5 heteroatoms. The highest BCUT2D eigenvalue weighted by Crippen LogP contribution is 2.40. The topological polar surface area (TPSA) is 55.6 Å². The molecule has 1 aliphatic rings. The van der Waals surface area contributed by atoms with Gasteiger partial charge in [0.25, 0.3) is 0 Å². The molecule has 142 valence electrons. The lowest BCUT2D eigenvalue weighted by molar-refractivity contribution is -0.386. The van der Waals surface area contributed by atoms with Crippen molar-refractivity contribution in [1.82, 2.24) is 4.90 Å². The summed E-state index contributed by atoms with van der Waals surface area (Å²) in [5.74, 6) is 0.350. The molecule has 1 aliphatic heterocycles. The Bertz CT molecular complexity index is 844. The number of nitrogens with zero attached hydrogens (tertiary/aromatic N) is 2. The van der Waals surface area contributed by atoms with E-state index in [9.17, 15) is 10.1 Å². The van der Waals surface area contributed by atoms with E-state index < -0.39 is 0 Å². The number of benzene rings is 2. The second-order valence-corrected chi connectivity index (χ2v) is 7.23. The van der Waals surface area contributed by atoms with Gasteiger partial charge in [-0.15, -0.1) is 0 Å². The summed E-state index contributed by atoms with van der Waals surface area (Å²) >= 11 is 0. The van der Waals surface area contributed by atoms with Gasteiger partial charge in [0.05, 0.1) is 16.6 Å². The van der Waals surface area contributed by atoms with Crippen LogP contribution in [0.3, 0.4) is 0 Å². The largest absolute Gasteiger partial charge is 0.484 e. The molecular weight excluding hydrogens is 340 g/mol. The van der Waals surface area contributed by atoms with Crippen LogP contribution in [0.2, 0.25) is 0 Å². The average molecular weight is 366 g/mol. The highest BCUT2D eigenvalue weighted by Gasteiger charge is 2.27. The van der Waals surface area contributed by atoms with E-state index in [0.717, 1.165) is 42.8 Å². The van der Waals surface area contributed by atoms with Gasteiger partial charge in [-0.1, -0.05) is 42.5 Å². The van der Waals surface area contributed by atoms with Crippen LogP contribution in [0.5, 0.6) is 5.75 Å². The lowest BCUT2D eigenvalue weighted by Gasteiger charge is -2.27. The minimum atomic E-state index is -0.308. The maximum atomic E-state index is 11.8. The van der Waals surface area contributed by atoms with Crippen molar-refractivity contribution in [3.63, 3.8) is 0 Å². The van der Waals surface area contributed by atoms with Crippen LogP contribution in [0.4, 0.5) is 5.69 Å². The van der Waals surface area contributed by atoms with Crippen molar-refractivity contribution in [2.75, 3.05) is 13.1 Å². The smallest absolute Gasteiger partial charge is 0.318 e. The van der Waals surface area contributed by atoms with Crippen molar-refractivity contribution < 1.29 is 9.66 Å². The third-order valence-electron chi connectivity index (χ3n) is 4.76. The van der Waals surface area contributed by atoms with Crippen molar-refractivity contribution in [2.24, 2.45) is 0 Å². The Morgan fingerprint density at radius 2 is 1.93 bits per heavy atom. The second kappa shape index (κ2) is 8.35. The maximum Gasteiger partial charge on any atom is 0.318 e. The van der Waals surface area contributed by atoms with Crippen LogP contribution >= 0.6 is 0 Å². The monoisotopic (exact) mass is 366 g/mol. The van der Waals surface area contributed by atoms with Gasteiger partial charge in [0.15, 0.2) is 5.75 Å². The van der Waals surface area contributed by atoms with Crippen LogP contribution in [-0.4, -0.2) is 29.0 Å². The number of aryl methyl sites for hydroxylation is 1. The third kappa shape index (κ3) is 4.55. The first-order chi connectivity index (χ1) is 13.0. The zero-order valence-electron chi connectivity index (χ0n) is 16.1. The van der Waals surface area contributed by atoms with Gasteiger partial charge >= 0.3 is 5.69 Å². The molecule has 0 bridgehead atoms. The molecule has 2 aromatic carbocycles. The lowest BCUT2D eigenvalue weighted by atomic mass is 9.93. The summed E-state index contributed by atoms with van der Waals surface area (Å²) in [6.07, 6.45) is 2.81. The van der Waals surface area contributed by atoms with E-state index in [-0.39, 0.29) is 16.7 Å². The molecule has 27 heavy (non-hydrogen) atoms. The SMILES string of the molecule is Cc1ccc(OC(C)C)c([N+](=O)[O-])c1C1=CCN(Cc2ccccc2)CC1. The molecule has 0 radical (unpaired) electrons. The van der Waals surface area contributed by atoms with E-state index in [4.69, 9.17) is 4.74 Å². The zero-order chi connectivity index (χ0) is 19.4. The van der Waals surface area contributed by atoms with Crippen LogP contribution in [0, 0.1) is 17.0 Å². The van der Waals surface area contributed by atoms with Crippen LogP contribution in [-0.2, 0) is 6.54 Å². The summed E-state index contributed by atoms with van der Waals surface area (Å²) in [4.78, 5) is 13.9. The quantitative estimate of drug-likeness (QED) is 0.534. The Morgan fingerprint density at radius 3 is 2.52 bits per heavy atom. The van der Waals surface area contributed by atoms with Gasteiger partial charge in [-0.2, -0.15) is 0 Å². The summed E-state index contributed by atoms with van der Waals surface area (Å²) in [6, 6.07) is 14.0. The highest BCUT2D eigenvalue weighted by molar-refractivity contribution is 5.79. The van der Waals surface area contributed by atoms with Crippen LogP contribution < -0.4 is 4.74 Å². The first-order valence-corrected chi connectivity index (χ1v) is 9.36. The molecule has 0 unspecified atom stereocenters. The molecule has 0 atom stereocenters. The summed E-state index contributed by atoms with van der Waals surface area (Å²) in [5.41, 5.74) is 4.05. The predicted molar refractivity (Wildman–Crippen MR) is 108 cm³/mol. The van der Waals surface area contributed by atoms with Crippen LogP contribution in [0.25, 0.3) is 5.57 Å². The molecule has 1 heterocycles. The van der Waals surface area contributed by atoms with Gasteiger partial charge in [0, 0.05) is 19.6 Å². The molecule has 5 nitrogen and oxygen atoms in total. The predicted octanol–water partition coefficient (Wildman–Crippen LogP) is 4.98. The van der Waals surface area contributed by atoms with Crippen LogP contribution in [0.1, 0.15) is 37.0 Å². The van der Waals surface area contributed by atoms with Crippen molar-refractivity contribution in [1.29, 1.82) is 0 Å². The fourth-order valence-corrected chi connectivity index (χ4v) is 3.53. The zero-order valence-corrected chi connectivity index (χ0v) is 16.1. The van der Waals surface area contributed by atoms with E-state index in [1.807, 2.05) is 45.0 Å². The molecule has 0 spiro atoms. The van der Waals surface area contributed by atoms with E-state index in [1.165, 1.54) is 5.56 Å². The van der Waals surface area contributed by atoms with Gasteiger partial charge < -0.3 is 4.74 Å². The fourth-order valence-electron chi connectivity index (χ4n) is 3.53. The maximum absolute atomic E-state index is 11.8. The Kier molecular flexibility index (Phi) is 5.91.